The fraction of sp³-hybridized carbons (Fsp3) is 0.158. The van der Waals surface area contributed by atoms with Crippen molar-refractivity contribution in [3.63, 3.8) is 0 Å². The molecule has 0 bridgehead atoms. The second kappa shape index (κ2) is 6.92. The molecule has 4 nitrogen and oxygen atoms in total. The highest BCUT2D eigenvalue weighted by Crippen LogP contribution is 2.29. The van der Waals surface area contributed by atoms with Gasteiger partial charge in [0.05, 0.1) is 16.2 Å². The molecule has 1 fully saturated rings. The fourth-order valence-corrected chi connectivity index (χ4v) is 2.57. The van der Waals surface area contributed by atoms with Crippen LogP contribution in [0.2, 0.25) is 0 Å². The van der Waals surface area contributed by atoms with E-state index in [0.717, 1.165) is 24.2 Å². The van der Waals surface area contributed by atoms with Crippen molar-refractivity contribution in [1.29, 1.82) is 0 Å². The van der Waals surface area contributed by atoms with Gasteiger partial charge in [-0.1, -0.05) is 48.5 Å². The van der Waals surface area contributed by atoms with Crippen molar-refractivity contribution in [2.45, 2.75) is 18.9 Å². The van der Waals surface area contributed by atoms with E-state index in [-0.39, 0.29) is 16.7 Å². The van der Waals surface area contributed by atoms with E-state index in [9.17, 15) is 10.1 Å². The van der Waals surface area contributed by atoms with Crippen LogP contribution >= 0.6 is 0 Å². The van der Waals surface area contributed by atoms with Gasteiger partial charge < -0.3 is 4.74 Å². The normalized spacial score (nSPS) is 19.1. The molecule has 3 rings (SSSR count). The molecule has 0 radical (unpaired) electrons. The summed E-state index contributed by atoms with van der Waals surface area (Å²) < 4.78 is 5.87. The Balaban J connectivity index is 1.70. The molecular weight excluding hydrogens is 290 g/mol. The summed E-state index contributed by atoms with van der Waals surface area (Å²) in [5, 5.41) is 11.0. The number of allylic oxidation sites excluding steroid dienone is 1. The molecule has 0 saturated carbocycles. The number of para-hydroxylation sites is 1. The van der Waals surface area contributed by atoms with Gasteiger partial charge in [-0.2, -0.15) is 0 Å². The first-order valence-corrected chi connectivity index (χ1v) is 7.56. The molecule has 0 N–H and O–H groups in total. The average molecular weight is 307 g/mol. The first-order valence-electron chi connectivity index (χ1n) is 7.56. The predicted octanol–water partition coefficient (Wildman–Crippen LogP) is 4.83. The average Bonchev–Trinajstić information content (AvgIpc) is 3.02. The van der Waals surface area contributed by atoms with Gasteiger partial charge in [0.1, 0.15) is 6.10 Å². The highest BCUT2D eigenvalue weighted by atomic mass is 16.6. The van der Waals surface area contributed by atoms with Gasteiger partial charge in [0.2, 0.25) is 0 Å². The molecular formula is C19H17NO3. The SMILES string of the molecule is O=[N+]([O-])c1ccccc1/C=C1/CC[C@H](/C=C/c2ccccc2)O1. The van der Waals surface area contributed by atoms with Crippen LogP contribution in [0, 0.1) is 10.1 Å². The van der Waals surface area contributed by atoms with Crippen LogP contribution < -0.4 is 0 Å². The number of nitro benzene ring substituents is 1. The first-order chi connectivity index (χ1) is 11.2. The van der Waals surface area contributed by atoms with Crippen molar-refractivity contribution in [3.8, 4) is 0 Å². The summed E-state index contributed by atoms with van der Waals surface area (Å²) in [5.41, 5.74) is 1.82. The van der Waals surface area contributed by atoms with Crippen molar-refractivity contribution < 1.29 is 9.66 Å². The quantitative estimate of drug-likeness (QED) is 0.600. The van der Waals surface area contributed by atoms with Crippen LogP contribution in [0.4, 0.5) is 5.69 Å². The number of nitro groups is 1. The Morgan fingerprint density at radius 2 is 1.83 bits per heavy atom. The zero-order chi connectivity index (χ0) is 16.1. The Kier molecular flexibility index (Phi) is 4.52. The fourth-order valence-electron chi connectivity index (χ4n) is 2.57. The van der Waals surface area contributed by atoms with Gasteiger partial charge in [0, 0.05) is 12.5 Å². The van der Waals surface area contributed by atoms with Crippen LogP contribution in [0.5, 0.6) is 0 Å². The molecule has 2 aromatic rings. The molecule has 116 valence electrons. The lowest BCUT2D eigenvalue weighted by Gasteiger charge is -2.05. The lowest BCUT2D eigenvalue weighted by atomic mass is 10.1. The van der Waals surface area contributed by atoms with Crippen LogP contribution in [-0.4, -0.2) is 11.0 Å². The summed E-state index contributed by atoms with van der Waals surface area (Å²) in [6, 6.07) is 16.8. The third-order valence-corrected chi connectivity index (χ3v) is 3.73. The van der Waals surface area contributed by atoms with Gasteiger partial charge in [-0.15, -0.1) is 0 Å². The summed E-state index contributed by atoms with van der Waals surface area (Å²) in [6.07, 6.45) is 7.54. The second-order valence-electron chi connectivity index (χ2n) is 5.39. The van der Waals surface area contributed by atoms with E-state index in [0.29, 0.717) is 5.56 Å². The minimum absolute atomic E-state index is 0.0178. The van der Waals surface area contributed by atoms with Gasteiger partial charge >= 0.3 is 0 Å². The Hall–Kier alpha value is -2.88. The maximum atomic E-state index is 11.0. The Morgan fingerprint density at radius 1 is 1.09 bits per heavy atom. The molecule has 0 spiro atoms. The minimum Gasteiger partial charge on any atom is -0.491 e. The summed E-state index contributed by atoms with van der Waals surface area (Å²) in [4.78, 5) is 10.7. The van der Waals surface area contributed by atoms with Gasteiger partial charge in [-0.25, -0.2) is 0 Å². The number of nitrogens with zero attached hydrogens (tertiary/aromatic N) is 1. The summed E-state index contributed by atoms with van der Waals surface area (Å²) in [7, 11) is 0. The first kappa shape index (κ1) is 15.0. The van der Waals surface area contributed by atoms with Crippen LogP contribution in [0.3, 0.4) is 0 Å². The zero-order valence-electron chi connectivity index (χ0n) is 12.6. The lowest BCUT2D eigenvalue weighted by molar-refractivity contribution is -0.385. The molecule has 23 heavy (non-hydrogen) atoms. The predicted molar refractivity (Wildman–Crippen MR) is 90.7 cm³/mol. The van der Waals surface area contributed by atoms with E-state index in [2.05, 4.69) is 0 Å². The summed E-state index contributed by atoms with van der Waals surface area (Å²) >= 11 is 0. The maximum absolute atomic E-state index is 11.0. The molecule has 4 heteroatoms. The van der Waals surface area contributed by atoms with E-state index in [1.54, 1.807) is 24.3 Å². The van der Waals surface area contributed by atoms with Crippen molar-refractivity contribution in [2.75, 3.05) is 0 Å². The highest BCUT2D eigenvalue weighted by molar-refractivity contribution is 5.62. The van der Waals surface area contributed by atoms with Crippen molar-refractivity contribution >= 4 is 17.8 Å². The van der Waals surface area contributed by atoms with E-state index in [1.807, 2.05) is 42.5 Å². The smallest absolute Gasteiger partial charge is 0.276 e. The molecule has 0 amide bonds. The standard InChI is InChI=1S/C19H17NO3/c21-20(22)19-9-5-4-8-16(19)14-18-13-12-17(23-18)11-10-15-6-2-1-3-7-15/h1-11,14,17H,12-13H2/b11-10+,18-14-/t17-/m0/s1. The van der Waals surface area contributed by atoms with Crippen LogP contribution in [-0.2, 0) is 4.74 Å². The topological polar surface area (TPSA) is 52.4 Å². The largest absolute Gasteiger partial charge is 0.491 e. The molecule has 1 heterocycles. The van der Waals surface area contributed by atoms with Crippen LogP contribution in [0.25, 0.3) is 12.2 Å². The van der Waals surface area contributed by atoms with Gasteiger partial charge in [0.15, 0.2) is 0 Å². The summed E-state index contributed by atoms with van der Waals surface area (Å²) in [6.45, 7) is 0. The van der Waals surface area contributed by atoms with E-state index >= 15 is 0 Å². The van der Waals surface area contributed by atoms with Gasteiger partial charge in [-0.3, -0.25) is 10.1 Å². The number of ether oxygens (including phenoxy) is 1. The Morgan fingerprint density at radius 3 is 2.61 bits per heavy atom. The van der Waals surface area contributed by atoms with Crippen molar-refractivity contribution in [1.82, 2.24) is 0 Å². The molecule has 0 aliphatic carbocycles. The third-order valence-electron chi connectivity index (χ3n) is 3.73. The molecule has 0 aromatic heterocycles. The number of rotatable bonds is 4. The molecule has 2 aromatic carbocycles. The monoisotopic (exact) mass is 307 g/mol. The summed E-state index contributed by atoms with van der Waals surface area (Å²) in [5.74, 6) is 0.794. The van der Waals surface area contributed by atoms with Gasteiger partial charge in [-0.05, 0) is 30.2 Å². The van der Waals surface area contributed by atoms with Crippen molar-refractivity contribution in [2.24, 2.45) is 0 Å². The molecule has 1 atom stereocenters. The molecule has 1 saturated heterocycles. The van der Waals surface area contributed by atoms with Gasteiger partial charge in [0.25, 0.3) is 5.69 Å². The van der Waals surface area contributed by atoms with Crippen LogP contribution in [0.1, 0.15) is 24.0 Å². The molecule has 1 aliphatic heterocycles. The highest BCUT2D eigenvalue weighted by Gasteiger charge is 2.19. The minimum atomic E-state index is -0.367. The number of hydrogen-bond acceptors (Lipinski definition) is 3. The third kappa shape index (κ3) is 3.86. The van der Waals surface area contributed by atoms with Crippen molar-refractivity contribution in [3.05, 3.63) is 87.7 Å². The van der Waals surface area contributed by atoms with Crippen LogP contribution in [0.15, 0.2) is 66.4 Å². The molecule has 1 aliphatic rings. The lowest BCUT2D eigenvalue weighted by Crippen LogP contribution is -1.98. The van der Waals surface area contributed by atoms with E-state index < -0.39 is 0 Å². The Labute approximate surface area is 134 Å². The Bertz CT molecular complexity index is 750. The van der Waals surface area contributed by atoms with E-state index in [1.165, 1.54) is 6.07 Å². The number of benzene rings is 2. The number of hydrogen-bond donors (Lipinski definition) is 0. The zero-order valence-corrected chi connectivity index (χ0v) is 12.6. The second-order valence-corrected chi connectivity index (χ2v) is 5.39. The van der Waals surface area contributed by atoms with E-state index in [4.69, 9.17) is 4.74 Å². The molecule has 0 unspecified atom stereocenters. The maximum Gasteiger partial charge on any atom is 0.276 e.